The van der Waals surface area contributed by atoms with Gasteiger partial charge in [-0.05, 0) is 73.2 Å². The highest BCUT2D eigenvalue weighted by Crippen LogP contribution is 2.40. The molecule has 0 spiro atoms. The number of ether oxygens (including phenoxy) is 1. The molecule has 0 radical (unpaired) electrons. The van der Waals surface area contributed by atoms with E-state index in [0.29, 0.717) is 5.75 Å². The summed E-state index contributed by atoms with van der Waals surface area (Å²) < 4.78 is 34.7. The molecule has 1 aliphatic rings. The van der Waals surface area contributed by atoms with E-state index < -0.39 is 11.6 Å². The Morgan fingerprint density at radius 2 is 1.78 bits per heavy atom. The minimum Gasteiger partial charge on any atom is -0.496 e. The van der Waals surface area contributed by atoms with E-state index in [1.165, 1.54) is 0 Å². The molecule has 1 amide bonds. The molecule has 0 bridgehead atoms. The fraction of sp³-hybridized carbons (Fsp3) is 0.286. The number of carbonyl (C=O) groups is 1. The van der Waals surface area contributed by atoms with Crippen molar-refractivity contribution in [3.8, 4) is 16.9 Å². The average molecular weight is 542 g/mol. The van der Waals surface area contributed by atoms with E-state index in [4.69, 9.17) is 22.1 Å². The Balaban J connectivity index is 1.57. The number of aromatic nitrogens is 1. The first-order valence-corrected chi connectivity index (χ1v) is 13.3. The van der Waals surface area contributed by atoms with Gasteiger partial charge in [-0.2, -0.15) is 0 Å². The van der Waals surface area contributed by atoms with E-state index in [0.717, 1.165) is 65.8 Å². The van der Waals surface area contributed by atoms with Crippen LogP contribution in [0, 0.1) is 11.6 Å². The van der Waals surface area contributed by atoms with Crippen molar-refractivity contribution < 1.29 is 18.3 Å². The number of rotatable bonds is 6. The lowest BCUT2D eigenvalue weighted by Gasteiger charge is -2.36. The van der Waals surface area contributed by atoms with E-state index in [2.05, 4.69) is 4.98 Å². The van der Waals surface area contributed by atoms with Crippen LogP contribution in [0.5, 0.6) is 5.75 Å². The van der Waals surface area contributed by atoms with Crippen LogP contribution in [-0.4, -0.2) is 35.0 Å². The smallest absolute Gasteiger partial charge is 0.266 e. The van der Waals surface area contributed by atoms with Gasteiger partial charge >= 0.3 is 0 Å². The van der Waals surface area contributed by atoms with Crippen molar-refractivity contribution in [2.75, 3.05) is 7.11 Å². The van der Waals surface area contributed by atoms with Crippen LogP contribution < -0.4 is 10.5 Å². The molecule has 0 saturated heterocycles. The van der Waals surface area contributed by atoms with Gasteiger partial charge in [0.1, 0.15) is 22.3 Å². The summed E-state index contributed by atoms with van der Waals surface area (Å²) in [6.07, 6.45) is 6.47. The third-order valence-corrected chi connectivity index (χ3v) is 8.63. The first-order valence-electron chi connectivity index (χ1n) is 12.1. The summed E-state index contributed by atoms with van der Waals surface area (Å²) in [4.78, 5) is 20.0. The lowest BCUT2D eigenvalue weighted by Crippen LogP contribution is -2.43. The van der Waals surface area contributed by atoms with Gasteiger partial charge in [0, 0.05) is 36.6 Å². The largest absolute Gasteiger partial charge is 0.496 e. The van der Waals surface area contributed by atoms with Crippen molar-refractivity contribution >= 4 is 38.9 Å². The topological polar surface area (TPSA) is 68.5 Å². The van der Waals surface area contributed by atoms with Gasteiger partial charge in [-0.3, -0.25) is 9.78 Å². The summed E-state index contributed by atoms with van der Waals surface area (Å²) in [5, 5.41) is -0.116. The first kappa shape index (κ1) is 25.6. The molecule has 2 aromatic heterocycles. The highest BCUT2D eigenvalue weighted by molar-refractivity contribution is 7.21. The first-order chi connectivity index (χ1) is 17.9. The summed E-state index contributed by atoms with van der Waals surface area (Å²) in [5.74, 6) is -0.979. The van der Waals surface area contributed by atoms with Crippen molar-refractivity contribution in [2.45, 2.75) is 44.3 Å². The van der Waals surface area contributed by atoms with Crippen LogP contribution in [0.1, 0.15) is 40.9 Å². The molecule has 2 aromatic carbocycles. The summed E-state index contributed by atoms with van der Waals surface area (Å²) in [7, 11) is 1.59. The van der Waals surface area contributed by atoms with Crippen LogP contribution in [0.4, 0.5) is 8.78 Å². The molecule has 1 fully saturated rings. The number of amides is 1. The molecule has 4 aromatic rings. The van der Waals surface area contributed by atoms with E-state index in [1.54, 1.807) is 24.4 Å². The zero-order valence-corrected chi connectivity index (χ0v) is 21.8. The molecular weight excluding hydrogens is 516 g/mol. The Kier molecular flexibility index (Phi) is 7.42. The normalized spacial score (nSPS) is 17.6. The maximum atomic E-state index is 14.5. The number of methoxy groups -OCH3 is 1. The van der Waals surface area contributed by atoms with Crippen molar-refractivity contribution in [1.29, 1.82) is 0 Å². The number of benzene rings is 2. The fourth-order valence-corrected chi connectivity index (χ4v) is 6.46. The van der Waals surface area contributed by atoms with Gasteiger partial charge in [-0.1, -0.05) is 17.7 Å². The summed E-state index contributed by atoms with van der Waals surface area (Å²) >= 11 is 7.39. The average Bonchev–Trinajstić information content (AvgIpc) is 3.28. The minimum atomic E-state index is -0.654. The Hall–Kier alpha value is -3.07. The number of halogens is 3. The highest BCUT2D eigenvalue weighted by Gasteiger charge is 2.32. The second kappa shape index (κ2) is 10.7. The zero-order chi connectivity index (χ0) is 26.1. The number of nitrogens with zero attached hydrogens (tertiary/aromatic N) is 2. The Labute approximate surface area is 222 Å². The molecule has 5 nitrogen and oxygen atoms in total. The van der Waals surface area contributed by atoms with Crippen LogP contribution in [0.2, 0.25) is 5.02 Å². The predicted molar refractivity (Wildman–Crippen MR) is 143 cm³/mol. The van der Waals surface area contributed by atoms with E-state index in [1.807, 2.05) is 30.3 Å². The molecule has 2 N–H and O–H groups in total. The van der Waals surface area contributed by atoms with Crippen LogP contribution in [0.3, 0.4) is 0 Å². The van der Waals surface area contributed by atoms with Crippen LogP contribution in [0.25, 0.3) is 21.2 Å². The monoisotopic (exact) mass is 541 g/mol. The molecule has 0 aliphatic heterocycles. The molecule has 192 valence electrons. The predicted octanol–water partition coefficient (Wildman–Crippen LogP) is 6.82. The number of nitrogens with two attached hydrogens (primary N) is 1. The van der Waals surface area contributed by atoms with Gasteiger partial charge in [-0.25, -0.2) is 8.78 Å². The van der Waals surface area contributed by atoms with E-state index in [9.17, 15) is 13.6 Å². The van der Waals surface area contributed by atoms with Crippen molar-refractivity contribution in [2.24, 2.45) is 5.73 Å². The molecule has 1 saturated carbocycles. The van der Waals surface area contributed by atoms with Gasteiger partial charge in [-0.15, -0.1) is 11.3 Å². The minimum absolute atomic E-state index is 0.0382. The van der Waals surface area contributed by atoms with Gasteiger partial charge < -0.3 is 15.4 Å². The maximum absolute atomic E-state index is 14.5. The van der Waals surface area contributed by atoms with Crippen LogP contribution in [-0.2, 0) is 6.54 Å². The lowest BCUT2D eigenvalue weighted by molar-refractivity contribution is 0.0610. The summed E-state index contributed by atoms with van der Waals surface area (Å²) in [5.41, 5.74) is 8.90. The van der Waals surface area contributed by atoms with Crippen molar-refractivity contribution in [3.05, 3.63) is 82.0 Å². The number of hydrogen-bond acceptors (Lipinski definition) is 5. The Morgan fingerprint density at radius 3 is 2.46 bits per heavy atom. The van der Waals surface area contributed by atoms with Crippen LogP contribution in [0.15, 0.2) is 54.9 Å². The lowest BCUT2D eigenvalue weighted by atomic mass is 9.90. The van der Waals surface area contributed by atoms with Crippen LogP contribution >= 0.6 is 22.9 Å². The Bertz CT molecular complexity index is 1440. The molecule has 5 rings (SSSR count). The summed E-state index contributed by atoms with van der Waals surface area (Å²) in [6.45, 7) is 0.246. The Morgan fingerprint density at radius 1 is 1.08 bits per heavy atom. The zero-order valence-electron chi connectivity index (χ0n) is 20.2. The number of fused-ring (bicyclic) bond motifs is 1. The molecule has 1 aliphatic carbocycles. The van der Waals surface area contributed by atoms with E-state index >= 15 is 0 Å². The van der Waals surface area contributed by atoms with Gasteiger partial charge in [0.15, 0.2) is 0 Å². The standard InChI is InChI=1S/C28H26ClF2N3O2S/c1-36-23-9-2-17(16-10-12-33-13-11-16)14-18(23)15-34(20-5-3-19(32)4-6-20)28(35)27-25(29)24-21(30)7-8-22(31)26(24)37-27/h2,7-14,19-20H,3-6,15,32H2,1H3/t19-,20+. The quantitative estimate of drug-likeness (QED) is 0.291. The molecule has 9 heteroatoms. The summed E-state index contributed by atoms with van der Waals surface area (Å²) in [6, 6.07) is 11.7. The second-order valence-electron chi connectivity index (χ2n) is 9.24. The third-order valence-electron chi connectivity index (χ3n) is 6.95. The second-order valence-corrected chi connectivity index (χ2v) is 10.6. The molecule has 2 heterocycles. The highest BCUT2D eigenvalue weighted by atomic mass is 35.5. The molecule has 37 heavy (non-hydrogen) atoms. The van der Waals surface area contributed by atoms with Gasteiger partial charge in [0.2, 0.25) is 0 Å². The molecule has 0 atom stereocenters. The molecule has 0 unspecified atom stereocenters. The maximum Gasteiger partial charge on any atom is 0.266 e. The fourth-order valence-electron chi connectivity index (χ4n) is 4.96. The van der Waals surface area contributed by atoms with Crippen molar-refractivity contribution in [1.82, 2.24) is 9.88 Å². The third kappa shape index (κ3) is 5.06. The number of pyridine rings is 1. The number of carbonyl (C=O) groups excluding carboxylic acids is 1. The molecular formula is C28H26ClF2N3O2S. The number of thiophene rings is 1. The number of hydrogen-bond donors (Lipinski definition) is 1. The van der Waals surface area contributed by atoms with E-state index in [-0.39, 0.29) is 44.5 Å². The van der Waals surface area contributed by atoms with Gasteiger partial charge in [0.05, 0.1) is 22.2 Å². The SMILES string of the molecule is COc1ccc(-c2ccncc2)cc1CN(C(=O)c1sc2c(F)ccc(F)c2c1Cl)[C@H]1CC[C@@H](N)CC1. The van der Waals surface area contributed by atoms with Gasteiger partial charge in [0.25, 0.3) is 5.91 Å². The van der Waals surface area contributed by atoms with Crippen molar-refractivity contribution in [3.63, 3.8) is 0 Å².